The van der Waals surface area contributed by atoms with E-state index in [9.17, 15) is 9.18 Å². The minimum Gasteiger partial charge on any atom is -0.340 e. The molecule has 0 unspecified atom stereocenters. The number of urea groups is 1. The molecule has 0 aliphatic rings. The lowest BCUT2D eigenvalue weighted by molar-refractivity contribution is 0.262. The van der Waals surface area contributed by atoms with Gasteiger partial charge >= 0.3 is 6.03 Å². The summed E-state index contributed by atoms with van der Waals surface area (Å²) in [5.74, 6) is 0.220. The highest BCUT2D eigenvalue weighted by molar-refractivity contribution is 6.00. The third kappa shape index (κ3) is 4.68. The third-order valence-corrected chi connectivity index (χ3v) is 5.14. The first kappa shape index (κ1) is 21.1. The molecule has 5 aromatic rings. The van der Waals surface area contributed by atoms with Crippen molar-refractivity contribution in [3.05, 3.63) is 91.3 Å². The molecular formula is C25H20FN7O. The number of aromatic nitrogens is 4. The maximum Gasteiger partial charge on any atom is 0.323 e. The van der Waals surface area contributed by atoms with Gasteiger partial charge in [-0.1, -0.05) is 18.2 Å². The Kier molecular flexibility index (Phi) is 5.57. The number of nitrogens with zero attached hydrogens (tertiary/aromatic N) is 4. The average Bonchev–Trinajstić information content (AvgIpc) is 3.25. The Morgan fingerprint density at radius 3 is 2.41 bits per heavy atom. The molecule has 0 saturated carbocycles. The zero-order chi connectivity index (χ0) is 23.5. The zero-order valence-electron chi connectivity index (χ0n) is 18.2. The Hall–Kier alpha value is -4.79. The average molecular weight is 453 g/mol. The van der Waals surface area contributed by atoms with E-state index in [2.05, 4.69) is 31.0 Å². The predicted octanol–water partition coefficient (Wildman–Crippen LogP) is 5.56. The molecule has 2 amide bonds. The fourth-order valence-electron chi connectivity index (χ4n) is 3.58. The Balaban J connectivity index is 1.33. The first-order valence-corrected chi connectivity index (χ1v) is 10.5. The summed E-state index contributed by atoms with van der Waals surface area (Å²) in [6, 6.07) is 18.4. The van der Waals surface area contributed by atoms with Crippen LogP contribution in [0.4, 0.5) is 32.1 Å². The van der Waals surface area contributed by atoms with Crippen molar-refractivity contribution in [1.29, 1.82) is 0 Å². The topological polar surface area (TPSA) is 96.8 Å². The highest BCUT2D eigenvalue weighted by Crippen LogP contribution is 2.28. The van der Waals surface area contributed by atoms with Crippen LogP contribution in [0.2, 0.25) is 0 Å². The molecule has 0 saturated heterocycles. The zero-order valence-corrected chi connectivity index (χ0v) is 18.2. The molecule has 0 aliphatic heterocycles. The van der Waals surface area contributed by atoms with Gasteiger partial charge in [-0.05, 0) is 54.1 Å². The summed E-state index contributed by atoms with van der Waals surface area (Å²) in [5.41, 5.74) is 4.48. The molecule has 3 aromatic carbocycles. The summed E-state index contributed by atoms with van der Waals surface area (Å²) in [5, 5.41) is 13.7. The number of aryl methyl sites for hydroxylation is 1. The van der Waals surface area contributed by atoms with Crippen LogP contribution in [0.5, 0.6) is 0 Å². The number of carbonyl (C=O) groups is 1. The number of rotatable bonds is 5. The van der Waals surface area contributed by atoms with Crippen molar-refractivity contribution in [3.63, 3.8) is 0 Å². The molecule has 9 heteroatoms. The van der Waals surface area contributed by atoms with Crippen LogP contribution in [0, 0.1) is 5.82 Å². The van der Waals surface area contributed by atoms with Gasteiger partial charge in [0.1, 0.15) is 18.0 Å². The van der Waals surface area contributed by atoms with Crippen LogP contribution in [-0.4, -0.2) is 25.8 Å². The monoisotopic (exact) mass is 453 g/mol. The molecule has 34 heavy (non-hydrogen) atoms. The number of hydrogen-bond donors (Lipinski definition) is 3. The molecule has 3 N–H and O–H groups in total. The van der Waals surface area contributed by atoms with E-state index in [1.165, 1.54) is 24.5 Å². The van der Waals surface area contributed by atoms with E-state index in [0.717, 1.165) is 27.7 Å². The van der Waals surface area contributed by atoms with E-state index in [4.69, 9.17) is 0 Å². The van der Waals surface area contributed by atoms with Gasteiger partial charge in [0.25, 0.3) is 0 Å². The van der Waals surface area contributed by atoms with Crippen molar-refractivity contribution in [2.24, 2.45) is 7.05 Å². The van der Waals surface area contributed by atoms with Crippen LogP contribution in [0.3, 0.4) is 0 Å². The van der Waals surface area contributed by atoms with Crippen molar-refractivity contribution in [2.45, 2.75) is 0 Å². The largest absolute Gasteiger partial charge is 0.340 e. The smallest absolute Gasteiger partial charge is 0.323 e. The number of nitrogens with one attached hydrogen (secondary N) is 3. The van der Waals surface area contributed by atoms with Gasteiger partial charge in [-0.15, -0.1) is 0 Å². The van der Waals surface area contributed by atoms with Crippen LogP contribution in [0.25, 0.3) is 22.0 Å². The van der Waals surface area contributed by atoms with Gasteiger partial charge < -0.3 is 16.0 Å². The Labute approximate surface area is 194 Å². The second-order valence-corrected chi connectivity index (χ2v) is 7.65. The van der Waals surface area contributed by atoms with E-state index >= 15 is 0 Å². The summed E-state index contributed by atoms with van der Waals surface area (Å²) in [6.45, 7) is 0. The SMILES string of the molecule is Cn1cc(-c2ccc3c(Nc4cccc(NC(=O)Nc5cccc(F)c5)c4)ncnc3c2)cn1. The van der Waals surface area contributed by atoms with Crippen LogP contribution in [0.15, 0.2) is 85.5 Å². The number of halogens is 1. The molecule has 0 aliphatic carbocycles. The highest BCUT2D eigenvalue weighted by Gasteiger charge is 2.09. The minimum absolute atomic E-state index is 0.366. The molecule has 0 fully saturated rings. The van der Waals surface area contributed by atoms with E-state index in [0.29, 0.717) is 17.2 Å². The van der Waals surface area contributed by atoms with Crippen molar-refractivity contribution < 1.29 is 9.18 Å². The number of amides is 2. The fraction of sp³-hybridized carbons (Fsp3) is 0.0400. The molecule has 0 radical (unpaired) electrons. The van der Waals surface area contributed by atoms with Gasteiger partial charge in [0.15, 0.2) is 0 Å². The van der Waals surface area contributed by atoms with Crippen LogP contribution in [0.1, 0.15) is 0 Å². The summed E-state index contributed by atoms with van der Waals surface area (Å²) in [7, 11) is 1.88. The fourth-order valence-corrected chi connectivity index (χ4v) is 3.58. The minimum atomic E-state index is -0.474. The van der Waals surface area contributed by atoms with Crippen molar-refractivity contribution in [2.75, 3.05) is 16.0 Å². The van der Waals surface area contributed by atoms with Gasteiger partial charge in [0, 0.05) is 41.3 Å². The summed E-state index contributed by atoms with van der Waals surface area (Å²) < 4.78 is 15.1. The second kappa shape index (κ2) is 8.99. The van der Waals surface area contributed by atoms with E-state index < -0.39 is 11.8 Å². The number of fused-ring (bicyclic) bond motifs is 1. The molecule has 0 bridgehead atoms. The number of anilines is 4. The maximum atomic E-state index is 13.3. The highest BCUT2D eigenvalue weighted by atomic mass is 19.1. The summed E-state index contributed by atoms with van der Waals surface area (Å²) >= 11 is 0. The lowest BCUT2D eigenvalue weighted by atomic mass is 10.1. The van der Waals surface area contributed by atoms with Gasteiger partial charge in [0.05, 0.1) is 11.7 Å². The van der Waals surface area contributed by atoms with Crippen molar-refractivity contribution in [1.82, 2.24) is 19.7 Å². The molecule has 5 rings (SSSR count). The first-order valence-electron chi connectivity index (χ1n) is 10.5. The molecular weight excluding hydrogens is 433 g/mol. The lowest BCUT2D eigenvalue weighted by Crippen LogP contribution is -2.19. The van der Waals surface area contributed by atoms with Crippen LogP contribution < -0.4 is 16.0 Å². The molecule has 8 nitrogen and oxygen atoms in total. The van der Waals surface area contributed by atoms with Gasteiger partial charge in [0.2, 0.25) is 0 Å². The first-order chi connectivity index (χ1) is 16.5. The Morgan fingerprint density at radius 1 is 0.882 bits per heavy atom. The van der Waals surface area contributed by atoms with Crippen LogP contribution >= 0.6 is 0 Å². The molecule has 2 heterocycles. The molecule has 2 aromatic heterocycles. The van der Waals surface area contributed by atoms with Gasteiger partial charge in [-0.3, -0.25) is 4.68 Å². The van der Waals surface area contributed by atoms with Crippen molar-refractivity contribution in [3.8, 4) is 11.1 Å². The quantitative estimate of drug-likeness (QED) is 0.324. The van der Waals surface area contributed by atoms with Crippen LogP contribution in [-0.2, 0) is 7.05 Å². The third-order valence-electron chi connectivity index (χ3n) is 5.14. The lowest BCUT2D eigenvalue weighted by Gasteiger charge is -2.12. The normalized spacial score (nSPS) is 10.8. The van der Waals surface area contributed by atoms with Crippen molar-refractivity contribution >= 4 is 39.8 Å². The Morgan fingerprint density at radius 2 is 1.65 bits per heavy atom. The maximum absolute atomic E-state index is 13.3. The molecule has 0 spiro atoms. The summed E-state index contributed by atoms with van der Waals surface area (Å²) in [6.07, 6.45) is 5.27. The standard InChI is InChI=1S/C25H20FN7O/c1-33-14-17(13-29-33)16-8-9-22-23(10-16)27-15-28-24(22)30-20-6-3-7-21(12-20)32-25(34)31-19-5-2-4-18(26)11-19/h2-15H,1H3,(H,27,28,30)(H2,31,32,34). The number of hydrogen-bond acceptors (Lipinski definition) is 5. The van der Waals surface area contributed by atoms with E-state index in [-0.39, 0.29) is 0 Å². The number of benzene rings is 3. The molecule has 168 valence electrons. The molecule has 0 atom stereocenters. The predicted molar refractivity (Wildman–Crippen MR) is 131 cm³/mol. The Bertz CT molecular complexity index is 1500. The second-order valence-electron chi connectivity index (χ2n) is 7.65. The van der Waals surface area contributed by atoms with Gasteiger partial charge in [-0.25, -0.2) is 19.2 Å². The van der Waals surface area contributed by atoms with Gasteiger partial charge in [-0.2, -0.15) is 5.10 Å². The van der Waals surface area contributed by atoms with E-state index in [1.54, 1.807) is 22.9 Å². The van der Waals surface area contributed by atoms with E-state index in [1.807, 2.05) is 49.8 Å². The number of carbonyl (C=O) groups excluding carboxylic acids is 1. The summed E-state index contributed by atoms with van der Waals surface area (Å²) in [4.78, 5) is 21.1.